The molecule has 0 aliphatic carbocycles. The lowest BCUT2D eigenvalue weighted by atomic mass is 9.85. The Morgan fingerprint density at radius 2 is 2.00 bits per heavy atom. The largest absolute Gasteiger partial charge is 0.493 e. The summed E-state index contributed by atoms with van der Waals surface area (Å²) >= 11 is 0. The lowest BCUT2D eigenvalue weighted by Crippen LogP contribution is -2.30. The molecule has 1 amide bonds. The molecule has 0 saturated carbocycles. The van der Waals surface area contributed by atoms with Gasteiger partial charge in [-0.25, -0.2) is 0 Å². The third-order valence-corrected chi connectivity index (χ3v) is 5.86. The average molecular weight is 383 g/mol. The Balaban J connectivity index is 1.39. The number of amides is 1. The highest BCUT2D eigenvalue weighted by atomic mass is 16.5. The molecule has 0 radical (unpaired) electrons. The van der Waals surface area contributed by atoms with Crippen molar-refractivity contribution in [1.82, 2.24) is 15.1 Å². The van der Waals surface area contributed by atoms with Crippen LogP contribution >= 0.6 is 0 Å². The van der Waals surface area contributed by atoms with Crippen molar-refractivity contribution in [3.8, 4) is 5.75 Å². The van der Waals surface area contributed by atoms with Crippen molar-refractivity contribution in [1.29, 1.82) is 0 Å². The third-order valence-electron chi connectivity index (χ3n) is 5.86. The summed E-state index contributed by atoms with van der Waals surface area (Å²) in [5.41, 5.74) is 3.14. The number of para-hydroxylation sites is 1. The molecule has 6 nitrogen and oxygen atoms in total. The van der Waals surface area contributed by atoms with Crippen LogP contribution in [0.15, 0.2) is 24.3 Å². The number of nitrogens with one attached hydrogen (secondary N) is 2. The van der Waals surface area contributed by atoms with Gasteiger partial charge in [-0.3, -0.25) is 9.89 Å². The van der Waals surface area contributed by atoms with Crippen LogP contribution in [0.1, 0.15) is 61.3 Å². The minimum absolute atomic E-state index is 0.000310. The number of anilines is 1. The second kappa shape index (κ2) is 8.78. The van der Waals surface area contributed by atoms with Crippen molar-refractivity contribution < 1.29 is 9.53 Å². The van der Waals surface area contributed by atoms with Crippen molar-refractivity contribution in [3.63, 3.8) is 0 Å². The number of carbonyl (C=O) groups is 1. The number of likely N-dealkylation sites (tertiary alicyclic amines) is 1. The normalized spacial score (nSPS) is 19.9. The van der Waals surface area contributed by atoms with Crippen LogP contribution in [0.25, 0.3) is 0 Å². The van der Waals surface area contributed by atoms with E-state index in [9.17, 15) is 4.79 Å². The van der Waals surface area contributed by atoms with E-state index >= 15 is 0 Å². The van der Waals surface area contributed by atoms with Gasteiger partial charge in [0.05, 0.1) is 6.61 Å². The van der Waals surface area contributed by atoms with Gasteiger partial charge in [0, 0.05) is 29.2 Å². The monoisotopic (exact) mass is 382 g/mol. The molecule has 0 bridgehead atoms. The predicted octanol–water partition coefficient (Wildman–Crippen LogP) is 3.84. The molecule has 150 valence electrons. The Morgan fingerprint density at radius 1 is 1.18 bits per heavy atom. The summed E-state index contributed by atoms with van der Waals surface area (Å²) in [7, 11) is 0. The molecule has 0 spiro atoms. The van der Waals surface area contributed by atoms with E-state index in [-0.39, 0.29) is 11.8 Å². The first-order chi connectivity index (χ1) is 13.7. The number of rotatable bonds is 7. The molecule has 4 rings (SSSR count). The molecule has 2 aliphatic rings. The van der Waals surface area contributed by atoms with E-state index in [1.165, 1.54) is 45.3 Å². The van der Waals surface area contributed by atoms with Crippen molar-refractivity contribution in [2.24, 2.45) is 0 Å². The van der Waals surface area contributed by atoms with Crippen LogP contribution in [0.3, 0.4) is 0 Å². The number of fused-ring (bicyclic) bond motifs is 1. The third kappa shape index (κ3) is 4.22. The Labute approximate surface area is 166 Å². The number of aromatic nitrogens is 2. The minimum atomic E-state index is -0.0213. The zero-order valence-electron chi connectivity index (χ0n) is 16.7. The first-order valence-corrected chi connectivity index (χ1v) is 10.5. The summed E-state index contributed by atoms with van der Waals surface area (Å²) in [5.74, 6) is 1.51. The van der Waals surface area contributed by atoms with E-state index in [4.69, 9.17) is 4.74 Å². The second-order valence-electron chi connectivity index (χ2n) is 7.91. The molecule has 2 aliphatic heterocycles. The van der Waals surface area contributed by atoms with Crippen LogP contribution in [0, 0.1) is 6.92 Å². The topological polar surface area (TPSA) is 70.2 Å². The summed E-state index contributed by atoms with van der Waals surface area (Å²) in [4.78, 5) is 14.7. The number of aryl methyl sites for hydroxylation is 1. The smallest absolute Gasteiger partial charge is 0.226 e. The summed E-state index contributed by atoms with van der Waals surface area (Å²) in [6.07, 6.45) is 6.70. The van der Waals surface area contributed by atoms with Crippen LogP contribution in [-0.4, -0.2) is 47.2 Å². The standard InChI is InChI=1S/C22H30N4O2/c1-16-21-18(15-20(27)23-22(21)25-24-16)17-9-3-4-10-19(17)28-14-8-7-13-26-11-5-2-6-12-26/h3-4,9-10,18H,2,5-8,11-15H2,1H3,(H2,23,24,25,27). The molecule has 28 heavy (non-hydrogen) atoms. The van der Waals surface area contributed by atoms with Gasteiger partial charge in [0.15, 0.2) is 5.82 Å². The first kappa shape index (κ1) is 19.0. The van der Waals surface area contributed by atoms with Crippen LogP contribution in [-0.2, 0) is 4.79 Å². The van der Waals surface area contributed by atoms with Crippen molar-refractivity contribution in [3.05, 3.63) is 41.1 Å². The van der Waals surface area contributed by atoms with Gasteiger partial charge < -0.3 is 15.0 Å². The summed E-state index contributed by atoms with van der Waals surface area (Å²) in [6.45, 7) is 6.38. The first-order valence-electron chi connectivity index (χ1n) is 10.5. The zero-order valence-corrected chi connectivity index (χ0v) is 16.7. The van der Waals surface area contributed by atoms with Crippen LogP contribution in [0.5, 0.6) is 5.75 Å². The lowest BCUT2D eigenvalue weighted by Gasteiger charge is -2.26. The van der Waals surface area contributed by atoms with Crippen LogP contribution < -0.4 is 10.1 Å². The highest BCUT2D eigenvalue weighted by Crippen LogP contribution is 2.41. The molecular weight excluding hydrogens is 352 g/mol. The fraction of sp³-hybridized carbons (Fsp3) is 0.545. The van der Waals surface area contributed by atoms with Crippen molar-refractivity contribution in [2.45, 2.75) is 51.4 Å². The maximum Gasteiger partial charge on any atom is 0.226 e. The molecule has 3 heterocycles. The molecule has 2 aromatic rings. The molecule has 6 heteroatoms. The van der Waals surface area contributed by atoms with Gasteiger partial charge in [0.1, 0.15) is 5.75 Å². The van der Waals surface area contributed by atoms with Gasteiger partial charge in [-0.05, 0) is 58.3 Å². The summed E-state index contributed by atoms with van der Waals surface area (Å²) in [5, 5.41) is 10.1. The molecule has 2 N–H and O–H groups in total. The average Bonchev–Trinajstić information content (AvgIpc) is 3.09. The quantitative estimate of drug-likeness (QED) is 0.714. The minimum Gasteiger partial charge on any atom is -0.493 e. The van der Waals surface area contributed by atoms with Gasteiger partial charge in [0.2, 0.25) is 5.91 Å². The van der Waals surface area contributed by atoms with Gasteiger partial charge in [-0.15, -0.1) is 0 Å². The Bertz CT molecular complexity index is 811. The predicted molar refractivity (Wildman–Crippen MR) is 110 cm³/mol. The summed E-state index contributed by atoms with van der Waals surface area (Å²) in [6, 6.07) is 8.10. The van der Waals surface area contributed by atoms with E-state index in [1.54, 1.807) is 0 Å². The fourth-order valence-electron chi connectivity index (χ4n) is 4.40. The number of ether oxygens (including phenoxy) is 1. The van der Waals surface area contributed by atoms with Gasteiger partial charge in [-0.1, -0.05) is 24.6 Å². The van der Waals surface area contributed by atoms with Gasteiger partial charge in [0.25, 0.3) is 0 Å². The molecule has 1 saturated heterocycles. The molecule has 1 aromatic carbocycles. The van der Waals surface area contributed by atoms with Crippen LogP contribution in [0.4, 0.5) is 5.82 Å². The molecule has 1 atom stereocenters. The van der Waals surface area contributed by atoms with E-state index in [0.29, 0.717) is 18.8 Å². The molecule has 1 unspecified atom stereocenters. The van der Waals surface area contributed by atoms with E-state index < -0.39 is 0 Å². The number of piperidine rings is 1. The molecular formula is C22H30N4O2. The van der Waals surface area contributed by atoms with Crippen LogP contribution in [0.2, 0.25) is 0 Å². The number of aromatic amines is 1. The lowest BCUT2D eigenvalue weighted by molar-refractivity contribution is -0.116. The van der Waals surface area contributed by atoms with E-state index in [1.807, 2.05) is 25.1 Å². The Kier molecular flexibility index (Phi) is 5.95. The van der Waals surface area contributed by atoms with Gasteiger partial charge in [-0.2, -0.15) is 5.10 Å². The zero-order chi connectivity index (χ0) is 19.3. The number of unbranched alkanes of at least 4 members (excludes halogenated alkanes) is 1. The van der Waals surface area contributed by atoms with Gasteiger partial charge >= 0.3 is 0 Å². The number of carbonyl (C=O) groups excluding carboxylic acids is 1. The number of H-pyrrole nitrogens is 1. The maximum atomic E-state index is 12.2. The summed E-state index contributed by atoms with van der Waals surface area (Å²) < 4.78 is 6.17. The molecule has 1 fully saturated rings. The number of nitrogens with zero attached hydrogens (tertiary/aromatic N) is 2. The number of hydrogen-bond acceptors (Lipinski definition) is 4. The van der Waals surface area contributed by atoms with E-state index in [2.05, 4.69) is 26.5 Å². The Hall–Kier alpha value is -2.34. The van der Waals surface area contributed by atoms with Crippen molar-refractivity contribution in [2.75, 3.05) is 31.6 Å². The number of hydrogen-bond donors (Lipinski definition) is 2. The fourth-order valence-corrected chi connectivity index (χ4v) is 4.40. The highest BCUT2D eigenvalue weighted by Gasteiger charge is 2.32. The second-order valence-corrected chi connectivity index (χ2v) is 7.91. The van der Waals surface area contributed by atoms with E-state index in [0.717, 1.165) is 29.0 Å². The SMILES string of the molecule is Cc1[nH]nc2c1C(c1ccccc1OCCCCN1CCCCC1)CC(=O)N2. The number of benzene rings is 1. The van der Waals surface area contributed by atoms with Crippen molar-refractivity contribution >= 4 is 11.7 Å². The maximum absolute atomic E-state index is 12.2. The molecule has 1 aromatic heterocycles. The Morgan fingerprint density at radius 3 is 2.86 bits per heavy atom. The highest BCUT2D eigenvalue weighted by molar-refractivity contribution is 5.94.